The van der Waals surface area contributed by atoms with E-state index in [0.29, 0.717) is 21.9 Å². The summed E-state index contributed by atoms with van der Waals surface area (Å²) in [6.45, 7) is 1.16. The van der Waals surface area contributed by atoms with Crippen molar-refractivity contribution in [1.29, 1.82) is 0 Å². The Kier molecular flexibility index (Phi) is 8.72. The van der Waals surface area contributed by atoms with Crippen molar-refractivity contribution in [3.8, 4) is 5.88 Å². The van der Waals surface area contributed by atoms with E-state index in [4.69, 9.17) is 18.5 Å². The van der Waals surface area contributed by atoms with Crippen molar-refractivity contribution in [2.45, 2.75) is 44.6 Å². The molecule has 3 aromatic heterocycles. The highest BCUT2D eigenvalue weighted by molar-refractivity contribution is 7.51. The van der Waals surface area contributed by atoms with Gasteiger partial charge in [-0.25, -0.2) is 19.6 Å². The first-order chi connectivity index (χ1) is 19.7. The number of hydrogen-bond donors (Lipinski definition) is 3. The summed E-state index contributed by atoms with van der Waals surface area (Å²) in [5.41, 5.74) is 1.48. The molecule has 0 amide bonds. The number of nitro groups is 1. The van der Waals surface area contributed by atoms with E-state index in [2.05, 4.69) is 20.0 Å². The van der Waals surface area contributed by atoms with E-state index < -0.39 is 43.8 Å². The van der Waals surface area contributed by atoms with Gasteiger partial charge in [0.15, 0.2) is 17.4 Å². The number of aliphatic hydroxyl groups excluding tert-OH is 2. The molecule has 0 bridgehead atoms. The molecular formula is C24H27N6O9PS. The maximum Gasteiger partial charge on any atom is 0.406 e. The van der Waals surface area contributed by atoms with Crippen molar-refractivity contribution in [3.63, 3.8) is 0 Å². The van der Waals surface area contributed by atoms with Gasteiger partial charge in [-0.1, -0.05) is 41.7 Å². The van der Waals surface area contributed by atoms with Crippen LogP contribution in [0.1, 0.15) is 22.5 Å². The highest BCUT2D eigenvalue weighted by Crippen LogP contribution is 2.47. The van der Waals surface area contributed by atoms with Gasteiger partial charge in [0, 0.05) is 17.5 Å². The number of imidazole rings is 1. The molecule has 1 aromatic carbocycles. The molecular weight excluding hydrogens is 579 g/mol. The molecule has 4 aromatic rings. The Bertz CT molecular complexity index is 1570. The summed E-state index contributed by atoms with van der Waals surface area (Å²) in [7, 11) is -2.59. The van der Waals surface area contributed by atoms with Crippen molar-refractivity contribution in [2.24, 2.45) is 0 Å². The van der Waals surface area contributed by atoms with E-state index in [0.717, 1.165) is 16.9 Å². The van der Waals surface area contributed by atoms with Gasteiger partial charge in [0.1, 0.15) is 24.1 Å². The number of benzene rings is 1. The highest BCUT2D eigenvalue weighted by atomic mass is 32.1. The number of aryl methyl sites for hydroxylation is 1. The van der Waals surface area contributed by atoms with Crippen LogP contribution in [0.2, 0.25) is 0 Å². The second kappa shape index (κ2) is 12.3. The maximum absolute atomic E-state index is 13.7. The Hall–Kier alpha value is -3.34. The summed E-state index contributed by atoms with van der Waals surface area (Å²) in [5, 5.41) is 35.3. The number of rotatable bonds is 12. The molecule has 218 valence electrons. The van der Waals surface area contributed by atoms with Crippen LogP contribution in [0.4, 0.5) is 5.00 Å². The minimum absolute atomic E-state index is 0.0794. The molecule has 17 heteroatoms. The SMILES string of the molecule is COc1nc(C)nc2c1ncn2[C@@H]1O[C@H](COP(=O)(NCc2ccccc2)OCc2ccc([N+](=O)[O-])s2)C(O)[C@H]1O. The van der Waals surface area contributed by atoms with Crippen LogP contribution in [0.15, 0.2) is 48.8 Å². The van der Waals surface area contributed by atoms with Crippen LogP contribution in [0.3, 0.4) is 0 Å². The van der Waals surface area contributed by atoms with Crippen molar-refractivity contribution in [3.05, 3.63) is 75.2 Å². The lowest BCUT2D eigenvalue weighted by Gasteiger charge is -2.22. The smallest absolute Gasteiger partial charge is 0.406 e. The van der Waals surface area contributed by atoms with Crippen LogP contribution in [-0.4, -0.2) is 66.7 Å². The van der Waals surface area contributed by atoms with Crippen LogP contribution >= 0.6 is 19.1 Å². The first-order valence-corrected chi connectivity index (χ1v) is 14.7. The zero-order chi connectivity index (χ0) is 29.1. The number of ether oxygens (including phenoxy) is 2. The Labute approximate surface area is 237 Å². The number of hydrogen-bond acceptors (Lipinski definition) is 13. The number of fused-ring (bicyclic) bond motifs is 1. The molecule has 5 rings (SSSR count). The van der Waals surface area contributed by atoms with Gasteiger partial charge < -0.3 is 19.7 Å². The second-order valence-electron chi connectivity index (χ2n) is 9.03. The predicted molar refractivity (Wildman–Crippen MR) is 145 cm³/mol. The number of aliphatic hydroxyl groups is 2. The molecule has 5 atom stereocenters. The number of nitrogens with zero attached hydrogens (tertiary/aromatic N) is 5. The van der Waals surface area contributed by atoms with Crippen LogP contribution in [-0.2, 0) is 31.5 Å². The van der Waals surface area contributed by atoms with Crippen molar-refractivity contribution in [2.75, 3.05) is 13.7 Å². The summed E-state index contributed by atoms with van der Waals surface area (Å²) in [6, 6.07) is 12.0. The van der Waals surface area contributed by atoms with Crippen molar-refractivity contribution < 1.29 is 38.2 Å². The number of methoxy groups -OCH3 is 1. The van der Waals surface area contributed by atoms with Gasteiger partial charge in [0.25, 0.3) is 0 Å². The zero-order valence-electron chi connectivity index (χ0n) is 21.9. The quantitative estimate of drug-likeness (QED) is 0.121. The number of thiophene rings is 1. The van der Waals surface area contributed by atoms with Gasteiger partial charge in [-0.15, -0.1) is 0 Å². The molecule has 0 aliphatic carbocycles. The van der Waals surface area contributed by atoms with Gasteiger partial charge in [-0.05, 0) is 18.6 Å². The van der Waals surface area contributed by atoms with Gasteiger partial charge in [0.05, 0.1) is 31.6 Å². The van der Waals surface area contributed by atoms with E-state index in [1.165, 1.54) is 30.1 Å². The normalized spacial score (nSPS) is 22.1. The minimum Gasteiger partial charge on any atom is -0.479 e. The van der Waals surface area contributed by atoms with Crippen LogP contribution < -0.4 is 9.82 Å². The van der Waals surface area contributed by atoms with E-state index in [9.17, 15) is 24.9 Å². The van der Waals surface area contributed by atoms with E-state index in [1.54, 1.807) is 6.92 Å². The predicted octanol–water partition coefficient (Wildman–Crippen LogP) is 2.86. The van der Waals surface area contributed by atoms with Crippen LogP contribution in [0.25, 0.3) is 11.2 Å². The molecule has 0 saturated carbocycles. The summed E-state index contributed by atoms with van der Waals surface area (Å²) >= 11 is 0.889. The molecule has 0 radical (unpaired) electrons. The molecule has 1 fully saturated rings. The highest BCUT2D eigenvalue weighted by Gasteiger charge is 2.45. The molecule has 1 aliphatic heterocycles. The Balaban J connectivity index is 1.30. The summed E-state index contributed by atoms with van der Waals surface area (Å²) in [4.78, 5) is 23.8. The summed E-state index contributed by atoms with van der Waals surface area (Å²) in [6.07, 6.45) is -3.61. The number of aromatic nitrogens is 4. The summed E-state index contributed by atoms with van der Waals surface area (Å²) < 4.78 is 37.6. The van der Waals surface area contributed by atoms with Gasteiger partial charge in [0.2, 0.25) is 5.88 Å². The Morgan fingerprint density at radius 3 is 2.66 bits per heavy atom. The topological polar surface area (TPSA) is 193 Å². The molecule has 1 saturated heterocycles. The lowest BCUT2D eigenvalue weighted by molar-refractivity contribution is -0.380. The third-order valence-electron chi connectivity index (χ3n) is 6.24. The minimum atomic E-state index is -4.04. The summed E-state index contributed by atoms with van der Waals surface area (Å²) in [5.74, 6) is 0.653. The van der Waals surface area contributed by atoms with Crippen molar-refractivity contribution in [1.82, 2.24) is 24.6 Å². The molecule has 15 nitrogen and oxygen atoms in total. The first kappa shape index (κ1) is 29.2. The fourth-order valence-electron chi connectivity index (χ4n) is 4.19. The third kappa shape index (κ3) is 6.45. The molecule has 1 aliphatic rings. The van der Waals surface area contributed by atoms with Crippen molar-refractivity contribution >= 4 is 35.2 Å². The van der Waals surface area contributed by atoms with Crippen LogP contribution in [0, 0.1) is 17.0 Å². The molecule has 3 N–H and O–H groups in total. The largest absolute Gasteiger partial charge is 0.479 e. The average molecular weight is 607 g/mol. The van der Waals surface area contributed by atoms with E-state index in [-0.39, 0.29) is 24.0 Å². The number of nitrogens with one attached hydrogen (secondary N) is 1. The first-order valence-electron chi connectivity index (χ1n) is 12.4. The average Bonchev–Trinajstić information content (AvgIpc) is 3.68. The molecule has 2 unspecified atom stereocenters. The molecule has 4 heterocycles. The van der Waals surface area contributed by atoms with Gasteiger partial charge in [-0.2, -0.15) is 4.98 Å². The van der Waals surface area contributed by atoms with E-state index in [1.807, 2.05) is 30.3 Å². The second-order valence-corrected chi connectivity index (χ2v) is 12.0. The van der Waals surface area contributed by atoms with E-state index >= 15 is 0 Å². The standard InChI is InChI=1S/C24H27N6O9PS/c1-14-27-22-19(23(28-14)36-2)25-13-29(22)24-21(32)20(31)17(39-24)12-38-40(35,26-10-15-6-4-3-5-7-15)37-11-16-8-9-18(41-16)30(33)34/h3-9,13,17,20-21,24,31-32H,10-12H2,1-2H3,(H,26,35)/t17-,20?,21-,24-,40?/m1/s1. The lowest BCUT2D eigenvalue weighted by atomic mass is 10.1. The Morgan fingerprint density at radius 2 is 1.95 bits per heavy atom. The molecule has 41 heavy (non-hydrogen) atoms. The monoisotopic (exact) mass is 606 g/mol. The van der Waals surface area contributed by atoms with Gasteiger partial charge in [-0.3, -0.25) is 23.7 Å². The fraction of sp³-hybridized carbons (Fsp3) is 0.375. The zero-order valence-corrected chi connectivity index (χ0v) is 23.6. The fourth-order valence-corrected chi connectivity index (χ4v) is 6.30. The Morgan fingerprint density at radius 1 is 1.17 bits per heavy atom. The lowest BCUT2D eigenvalue weighted by Crippen LogP contribution is -2.34. The van der Waals surface area contributed by atoms with Gasteiger partial charge >= 0.3 is 12.7 Å². The van der Waals surface area contributed by atoms with Crippen LogP contribution in [0.5, 0.6) is 5.88 Å². The maximum atomic E-state index is 13.7. The third-order valence-corrected chi connectivity index (χ3v) is 8.75. The molecule has 0 spiro atoms.